The van der Waals surface area contributed by atoms with Crippen molar-refractivity contribution in [3.05, 3.63) is 0 Å². The highest BCUT2D eigenvalue weighted by molar-refractivity contribution is 5.78. The number of ether oxygens (including phenoxy) is 15. The second kappa shape index (κ2) is 37.8. The SMILES string of the molecule is CC(=O)N[C@@H]1[C@@H](O)[C@@H](O[C@H]2[C@@H](O)[C@@H](CO)O[C@@H](O[C@H]3O[C@H](CO)[C@@H](O[C@@H]4O[C@H](CO)[C@H](O[C@@H]5O[C@H](CO)[C@H](O[C@@H]6O[C@H](CO)[C@H](O[C@@H]7O[C@H](CO)[C@H](O)[C@H](O[C@@H]8[C@H](O)[C@@H](NC(C)=O)[C@H]([C@H](O)[C@H](O)CO)O[C@]8(O)C(=O)O)[C@H]7O)[C@H](O)[C@H]6O)[C@H](O)[C@H]5O)[C@H](O)[C@H]4O)[C@H](O)[C@H]3O)[C@@H]2O)[C@@](O)(C(=O)O)O[C@H]1[C@H](O)[C@H](O)CO. The molecule has 632 valence electrons. The minimum atomic E-state index is -3.82. The third kappa shape index (κ3) is 18.5. The summed E-state index contributed by atoms with van der Waals surface area (Å²) in [5, 5.41) is 331. The number of carbonyl (C=O) groups is 4. The molecule has 0 saturated carbocycles. The van der Waals surface area contributed by atoms with Crippen LogP contribution in [0.3, 0.4) is 0 Å². The molecule has 8 saturated heterocycles. The fourth-order valence-corrected chi connectivity index (χ4v) is 13.7. The quantitative estimate of drug-likeness (QED) is 0.0318. The molecule has 8 aliphatic heterocycles. The molecule has 8 rings (SSSR count). The number of nitrogens with one attached hydrogen (secondary N) is 2. The molecule has 0 radical (unpaired) electrons. The van der Waals surface area contributed by atoms with Crippen molar-refractivity contribution in [1.82, 2.24) is 10.6 Å². The van der Waals surface area contributed by atoms with Gasteiger partial charge in [0.1, 0.15) is 195 Å². The lowest BCUT2D eigenvalue weighted by molar-refractivity contribution is -0.406. The van der Waals surface area contributed by atoms with Crippen LogP contribution in [0.4, 0.5) is 0 Å². The van der Waals surface area contributed by atoms with E-state index in [1.807, 2.05) is 0 Å². The largest absolute Gasteiger partial charge is 0.477 e. The molecular formula is C58H96N2O49. The Morgan fingerprint density at radius 1 is 0.330 bits per heavy atom. The predicted molar refractivity (Wildman–Crippen MR) is 325 cm³/mol. The van der Waals surface area contributed by atoms with Gasteiger partial charge in [0, 0.05) is 13.8 Å². The van der Waals surface area contributed by atoms with Crippen LogP contribution >= 0.6 is 0 Å². The van der Waals surface area contributed by atoms with Gasteiger partial charge < -0.3 is 235 Å². The molecule has 0 aromatic carbocycles. The molecule has 0 aliphatic carbocycles. The zero-order valence-corrected chi connectivity index (χ0v) is 57.1. The van der Waals surface area contributed by atoms with E-state index in [9.17, 15) is 172 Å². The summed E-state index contributed by atoms with van der Waals surface area (Å²) in [4.78, 5) is 49.7. The van der Waals surface area contributed by atoms with Crippen molar-refractivity contribution >= 4 is 23.8 Å². The minimum absolute atomic E-state index is 0.875. The molecule has 51 nitrogen and oxygen atoms in total. The van der Waals surface area contributed by atoms with Crippen molar-refractivity contribution in [2.75, 3.05) is 52.9 Å². The van der Waals surface area contributed by atoms with Crippen LogP contribution in [0.15, 0.2) is 0 Å². The van der Waals surface area contributed by atoms with E-state index in [2.05, 4.69) is 10.6 Å². The highest BCUT2D eigenvalue weighted by Crippen LogP contribution is 2.42. The summed E-state index contributed by atoms with van der Waals surface area (Å²) in [6.45, 7) is -7.86. The third-order valence-electron chi connectivity index (χ3n) is 19.6. The molecule has 8 heterocycles. The smallest absolute Gasteiger partial charge is 0.367 e. The molecule has 44 atom stereocenters. The van der Waals surface area contributed by atoms with Crippen LogP contribution in [0.1, 0.15) is 13.8 Å². The average molecular weight is 1610 g/mol. The lowest BCUT2D eigenvalue weighted by atomic mass is 9.86. The van der Waals surface area contributed by atoms with Gasteiger partial charge in [-0.15, -0.1) is 0 Å². The third-order valence-corrected chi connectivity index (χ3v) is 19.6. The maximum atomic E-state index is 12.6. The molecule has 8 aliphatic rings. The van der Waals surface area contributed by atoms with Gasteiger partial charge in [0.2, 0.25) is 11.8 Å². The Bertz CT molecular complexity index is 2920. The number of amides is 2. The number of aliphatic hydroxyl groups is 28. The first-order valence-corrected chi connectivity index (χ1v) is 33.7. The van der Waals surface area contributed by atoms with Crippen molar-refractivity contribution in [3.63, 3.8) is 0 Å². The van der Waals surface area contributed by atoms with E-state index in [4.69, 9.17) is 71.1 Å². The molecule has 109 heavy (non-hydrogen) atoms. The normalized spacial score (nSPS) is 48.3. The summed E-state index contributed by atoms with van der Waals surface area (Å²) in [7, 11) is 0. The molecule has 0 aromatic heterocycles. The van der Waals surface area contributed by atoms with Crippen LogP contribution in [0.5, 0.6) is 0 Å². The summed E-state index contributed by atoms with van der Waals surface area (Å²) in [6.07, 6.45) is -90.8. The van der Waals surface area contributed by atoms with Gasteiger partial charge in [-0.3, -0.25) is 9.59 Å². The molecule has 8 fully saturated rings. The van der Waals surface area contributed by atoms with Crippen molar-refractivity contribution in [1.29, 1.82) is 0 Å². The summed E-state index contributed by atoms with van der Waals surface area (Å²) in [5.41, 5.74) is 0. The van der Waals surface area contributed by atoms with Crippen LogP contribution in [0.25, 0.3) is 0 Å². The van der Waals surface area contributed by atoms with E-state index in [0.717, 1.165) is 13.8 Å². The van der Waals surface area contributed by atoms with Crippen LogP contribution in [-0.4, -0.2) is 499 Å². The number of hydrogen-bond donors (Lipinski definition) is 32. The first kappa shape index (κ1) is 90.7. The van der Waals surface area contributed by atoms with Gasteiger partial charge in [-0.1, -0.05) is 0 Å². The van der Waals surface area contributed by atoms with Crippen LogP contribution < -0.4 is 10.6 Å². The Balaban J connectivity index is 0.896. The zero-order valence-electron chi connectivity index (χ0n) is 57.1. The lowest BCUT2D eigenvalue weighted by Gasteiger charge is -2.51. The molecular weight excluding hydrogens is 1510 g/mol. The molecule has 2 amide bonds. The van der Waals surface area contributed by atoms with E-state index in [1.165, 1.54) is 0 Å². The maximum Gasteiger partial charge on any atom is 0.367 e. The van der Waals surface area contributed by atoms with Crippen molar-refractivity contribution in [3.8, 4) is 0 Å². The summed E-state index contributed by atoms with van der Waals surface area (Å²) < 4.78 is 83.5. The zero-order chi connectivity index (χ0) is 81.2. The topological polar surface area (TPSA) is 838 Å². The Kier molecular flexibility index (Phi) is 31.5. The molecule has 0 unspecified atom stereocenters. The predicted octanol–water partition coefficient (Wildman–Crippen LogP) is -21.8. The van der Waals surface area contributed by atoms with E-state index in [0.29, 0.717) is 0 Å². The minimum Gasteiger partial charge on any atom is -0.477 e. The van der Waals surface area contributed by atoms with E-state index >= 15 is 0 Å². The van der Waals surface area contributed by atoms with E-state index < -0.39 is 346 Å². The fraction of sp³-hybridized carbons (Fsp3) is 0.931. The number of aliphatic hydroxyl groups excluding tert-OH is 26. The maximum absolute atomic E-state index is 12.6. The van der Waals surface area contributed by atoms with Crippen molar-refractivity contribution in [2.45, 2.75) is 283 Å². The van der Waals surface area contributed by atoms with Crippen LogP contribution in [0, 0.1) is 0 Å². The summed E-state index contributed by atoms with van der Waals surface area (Å²) >= 11 is 0. The summed E-state index contributed by atoms with van der Waals surface area (Å²) in [5.74, 6) is -14.4. The van der Waals surface area contributed by atoms with Gasteiger partial charge in [-0.05, 0) is 0 Å². The Morgan fingerprint density at radius 3 is 0.807 bits per heavy atom. The number of aliphatic carboxylic acids is 2. The Morgan fingerprint density at radius 2 is 0.569 bits per heavy atom. The average Bonchev–Trinajstić information content (AvgIpc) is 0.747. The summed E-state index contributed by atoms with van der Waals surface area (Å²) in [6, 6.07) is -4.03. The second-order valence-corrected chi connectivity index (χ2v) is 26.9. The first-order valence-electron chi connectivity index (χ1n) is 33.7. The lowest BCUT2D eigenvalue weighted by Crippen LogP contribution is -2.75. The standard InChI is InChI=1S/C58H96N2O49/c1-11(69)59-21-27(77)47(57(93,55(89)90)108-43(21)23(73)13(71)3-61)101-45-25(75)15(5-63)95-53(37(45)87)106-42-19(9-67)99-51(35(85)31(42)81)104-40-17(7-65)97-49(33(83)29(40)79)103-39-18(8-66)98-50(34(84)30(39)80)105-41-20(10-68)100-52(36(86)32(41)82)107-54-38(88)46(26(76)16(6-64)96-54)102-48-28(78)22(60-12(2)70)44(24(74)14(72)4-62)109-58(48,94)56(91)92/h13-54,61-68,71-88,93-94H,3-10H2,1-2H3,(H,59,69)(H,60,70)(H,89,90)(H,91,92)/t13-,14-,15-,16-,17-,18-,19-,20-,21-,22-,23-,24-,25+,26+,27-,28-,29-,30-,31-,32-,33-,34-,35-,36-,37-,38-,39+,40+,41-,42+,43-,44-,45+,46+,47-,48-,49+,50+,51+,52-,53+,54+,57+,58+/m1/s1. The van der Waals surface area contributed by atoms with Crippen LogP contribution in [0.2, 0.25) is 0 Å². The number of rotatable bonds is 30. The number of hydrogen-bond acceptors (Lipinski definition) is 47. The van der Waals surface area contributed by atoms with Gasteiger partial charge in [-0.25, -0.2) is 9.59 Å². The highest BCUT2D eigenvalue weighted by atomic mass is 16.8. The highest BCUT2D eigenvalue weighted by Gasteiger charge is 2.67. The van der Waals surface area contributed by atoms with E-state index in [-0.39, 0.29) is 0 Å². The second-order valence-electron chi connectivity index (χ2n) is 26.9. The fourth-order valence-electron chi connectivity index (χ4n) is 13.7. The van der Waals surface area contributed by atoms with E-state index in [1.54, 1.807) is 0 Å². The van der Waals surface area contributed by atoms with Gasteiger partial charge >= 0.3 is 11.9 Å². The Hall–Kier alpha value is -3.84. The van der Waals surface area contributed by atoms with Gasteiger partial charge in [0.15, 0.2) is 49.9 Å². The van der Waals surface area contributed by atoms with Crippen molar-refractivity contribution < 1.29 is 243 Å². The number of carboxylic acid groups (broad SMARTS) is 2. The van der Waals surface area contributed by atoms with Gasteiger partial charge in [-0.2, -0.15) is 0 Å². The molecule has 0 spiro atoms. The molecule has 32 N–H and O–H groups in total. The monoisotopic (exact) mass is 1600 g/mol. The molecule has 0 aromatic rings. The van der Waals surface area contributed by atoms with Gasteiger partial charge in [0.05, 0.1) is 64.9 Å². The number of carboxylic acids is 2. The molecule has 0 bridgehead atoms. The van der Waals surface area contributed by atoms with Crippen molar-refractivity contribution in [2.24, 2.45) is 0 Å². The Labute approximate surface area is 612 Å². The molecule has 51 heteroatoms. The number of carbonyl (C=O) groups excluding carboxylic acids is 2. The van der Waals surface area contributed by atoms with Gasteiger partial charge in [0.25, 0.3) is 11.6 Å². The first-order chi connectivity index (χ1) is 51.2. The van der Waals surface area contributed by atoms with Crippen LogP contribution in [-0.2, 0) is 90.2 Å².